The number of fused-ring (bicyclic) bond motifs is 1. The Hall–Kier alpha value is -3.19. The van der Waals surface area contributed by atoms with Gasteiger partial charge >= 0.3 is 6.09 Å². The Morgan fingerprint density at radius 3 is 2.36 bits per heavy atom. The van der Waals surface area contributed by atoms with Crippen LogP contribution in [-0.4, -0.2) is 58.6 Å². The van der Waals surface area contributed by atoms with Crippen molar-refractivity contribution in [2.75, 3.05) is 26.2 Å². The molecule has 0 radical (unpaired) electrons. The summed E-state index contributed by atoms with van der Waals surface area (Å²) < 4.78 is 20.4. The van der Waals surface area contributed by atoms with Crippen LogP contribution in [0.2, 0.25) is 5.02 Å². The van der Waals surface area contributed by atoms with Crippen molar-refractivity contribution in [3.63, 3.8) is 0 Å². The van der Waals surface area contributed by atoms with Crippen LogP contribution in [0.4, 0.5) is 9.18 Å². The summed E-state index contributed by atoms with van der Waals surface area (Å²) in [5, 5.41) is 1.38. The highest BCUT2D eigenvalue weighted by Crippen LogP contribution is 2.29. The third-order valence-electron chi connectivity index (χ3n) is 5.44. The van der Waals surface area contributed by atoms with E-state index in [0.29, 0.717) is 47.8 Å². The minimum Gasteiger partial charge on any atom is -0.444 e. The smallest absolute Gasteiger partial charge is 0.410 e. The second kappa shape index (κ2) is 8.98. The maximum absolute atomic E-state index is 15.0. The Labute approximate surface area is 196 Å². The summed E-state index contributed by atoms with van der Waals surface area (Å²) >= 11 is 6.19. The third kappa shape index (κ3) is 5.09. The second-order valence-electron chi connectivity index (χ2n) is 8.98. The number of ether oxygens (including phenoxy) is 1. The van der Waals surface area contributed by atoms with Gasteiger partial charge in [0.2, 0.25) is 0 Å². The van der Waals surface area contributed by atoms with E-state index < -0.39 is 17.5 Å². The van der Waals surface area contributed by atoms with E-state index >= 15 is 0 Å². The molecule has 8 heteroatoms. The normalized spacial score (nSPS) is 14.5. The highest BCUT2D eigenvalue weighted by Gasteiger charge is 2.28. The van der Waals surface area contributed by atoms with E-state index in [0.717, 1.165) is 5.39 Å². The van der Waals surface area contributed by atoms with Crippen LogP contribution in [0.5, 0.6) is 0 Å². The quantitative estimate of drug-likeness (QED) is 0.505. The number of piperazine rings is 1. The first kappa shape index (κ1) is 23.0. The average Bonchev–Trinajstić information content (AvgIpc) is 2.77. The zero-order valence-corrected chi connectivity index (χ0v) is 19.5. The van der Waals surface area contributed by atoms with Crippen molar-refractivity contribution in [1.82, 2.24) is 14.8 Å². The summed E-state index contributed by atoms with van der Waals surface area (Å²) in [5.41, 5.74) is 1.40. The van der Waals surface area contributed by atoms with E-state index in [2.05, 4.69) is 4.98 Å². The standard InChI is InChI=1S/C25H25ClFN3O3/c1-25(2,3)33-24(32)30-12-10-29(11-13-30)23(31)17-5-6-18(21(27)14-17)16-4-7-19-20(26)8-9-28-22(19)15-16/h4-9,14-15H,10-13H2,1-3H3. The number of hydrogen-bond acceptors (Lipinski definition) is 4. The maximum Gasteiger partial charge on any atom is 0.410 e. The molecular weight excluding hydrogens is 445 g/mol. The van der Waals surface area contributed by atoms with Crippen molar-refractivity contribution >= 4 is 34.5 Å². The van der Waals surface area contributed by atoms with Crippen LogP contribution in [-0.2, 0) is 4.74 Å². The molecule has 0 atom stereocenters. The van der Waals surface area contributed by atoms with Gasteiger partial charge in [-0.3, -0.25) is 9.78 Å². The average molecular weight is 470 g/mol. The van der Waals surface area contributed by atoms with Gasteiger partial charge in [-0.15, -0.1) is 0 Å². The number of aromatic nitrogens is 1. The monoisotopic (exact) mass is 469 g/mol. The van der Waals surface area contributed by atoms with Crippen LogP contribution in [0, 0.1) is 5.82 Å². The molecule has 33 heavy (non-hydrogen) atoms. The van der Waals surface area contributed by atoms with E-state index in [1.165, 1.54) is 6.07 Å². The molecule has 172 valence electrons. The zero-order valence-electron chi connectivity index (χ0n) is 18.8. The number of carbonyl (C=O) groups excluding carboxylic acids is 2. The predicted molar refractivity (Wildman–Crippen MR) is 126 cm³/mol. The largest absolute Gasteiger partial charge is 0.444 e. The number of benzene rings is 2. The van der Waals surface area contributed by atoms with Crippen LogP contribution in [0.15, 0.2) is 48.7 Å². The van der Waals surface area contributed by atoms with Crippen molar-refractivity contribution in [2.24, 2.45) is 0 Å². The summed E-state index contributed by atoms with van der Waals surface area (Å²) in [5.74, 6) is -0.758. The molecule has 4 rings (SSSR count). The molecule has 2 heterocycles. The van der Waals surface area contributed by atoms with E-state index in [1.54, 1.807) is 46.3 Å². The predicted octanol–water partition coefficient (Wildman–Crippen LogP) is 5.39. The Morgan fingerprint density at radius 2 is 1.70 bits per heavy atom. The maximum atomic E-state index is 15.0. The molecule has 1 fully saturated rings. The van der Waals surface area contributed by atoms with Crippen LogP contribution in [0.3, 0.4) is 0 Å². The highest BCUT2D eigenvalue weighted by atomic mass is 35.5. The molecule has 1 aliphatic heterocycles. The van der Waals surface area contributed by atoms with Gasteiger partial charge < -0.3 is 14.5 Å². The first-order chi connectivity index (χ1) is 15.6. The van der Waals surface area contributed by atoms with Gasteiger partial charge in [0.25, 0.3) is 5.91 Å². The van der Waals surface area contributed by atoms with Crippen LogP contribution >= 0.6 is 11.6 Å². The Balaban J connectivity index is 1.46. The van der Waals surface area contributed by atoms with E-state index in [4.69, 9.17) is 16.3 Å². The lowest BCUT2D eigenvalue weighted by atomic mass is 10.0. The molecule has 0 spiro atoms. The SMILES string of the molecule is CC(C)(C)OC(=O)N1CCN(C(=O)c2ccc(-c3ccc4c(Cl)ccnc4c3)c(F)c2)CC1. The van der Waals surface area contributed by atoms with Gasteiger partial charge in [0, 0.05) is 48.9 Å². The molecule has 3 aromatic rings. The molecule has 6 nitrogen and oxygen atoms in total. The number of rotatable bonds is 2. The molecule has 2 amide bonds. The Bertz CT molecular complexity index is 1220. The highest BCUT2D eigenvalue weighted by molar-refractivity contribution is 6.35. The molecule has 2 aromatic carbocycles. The molecule has 1 saturated heterocycles. The number of amides is 2. The Kier molecular flexibility index (Phi) is 6.26. The molecular formula is C25H25ClFN3O3. The summed E-state index contributed by atoms with van der Waals surface area (Å²) in [6.45, 7) is 6.89. The van der Waals surface area contributed by atoms with Gasteiger partial charge in [0.05, 0.1) is 10.5 Å². The first-order valence-electron chi connectivity index (χ1n) is 10.7. The lowest BCUT2D eigenvalue weighted by Crippen LogP contribution is -2.51. The fourth-order valence-electron chi connectivity index (χ4n) is 3.76. The topological polar surface area (TPSA) is 62.7 Å². The fourth-order valence-corrected chi connectivity index (χ4v) is 3.98. The lowest BCUT2D eigenvalue weighted by molar-refractivity contribution is 0.0141. The van der Waals surface area contributed by atoms with Crippen molar-refractivity contribution in [3.8, 4) is 11.1 Å². The van der Waals surface area contributed by atoms with Gasteiger partial charge in [0.1, 0.15) is 11.4 Å². The van der Waals surface area contributed by atoms with E-state index in [-0.39, 0.29) is 11.5 Å². The van der Waals surface area contributed by atoms with Crippen molar-refractivity contribution in [2.45, 2.75) is 26.4 Å². The van der Waals surface area contributed by atoms with Crippen molar-refractivity contribution < 1.29 is 18.7 Å². The minimum atomic E-state index is -0.573. The van der Waals surface area contributed by atoms with Crippen molar-refractivity contribution in [1.29, 1.82) is 0 Å². The van der Waals surface area contributed by atoms with Crippen molar-refractivity contribution in [3.05, 3.63) is 65.1 Å². The van der Waals surface area contributed by atoms with Gasteiger partial charge in [-0.05, 0) is 50.6 Å². The number of halogens is 2. The van der Waals surface area contributed by atoms with Gasteiger partial charge in [0.15, 0.2) is 0 Å². The van der Waals surface area contributed by atoms with Crippen LogP contribution < -0.4 is 0 Å². The fraction of sp³-hybridized carbons (Fsp3) is 0.320. The lowest BCUT2D eigenvalue weighted by Gasteiger charge is -2.35. The first-order valence-corrected chi connectivity index (χ1v) is 11.1. The third-order valence-corrected chi connectivity index (χ3v) is 5.76. The summed E-state index contributed by atoms with van der Waals surface area (Å²) in [6, 6.07) is 11.6. The van der Waals surface area contributed by atoms with Crippen LogP contribution in [0.25, 0.3) is 22.0 Å². The van der Waals surface area contributed by atoms with E-state index in [1.807, 2.05) is 26.8 Å². The molecule has 1 aromatic heterocycles. The van der Waals surface area contributed by atoms with Crippen LogP contribution in [0.1, 0.15) is 31.1 Å². The molecule has 0 N–H and O–H groups in total. The van der Waals surface area contributed by atoms with E-state index in [9.17, 15) is 14.0 Å². The number of pyridine rings is 1. The minimum absolute atomic E-state index is 0.267. The molecule has 0 unspecified atom stereocenters. The number of carbonyl (C=O) groups is 2. The number of hydrogen-bond donors (Lipinski definition) is 0. The molecule has 0 bridgehead atoms. The van der Waals surface area contributed by atoms with Gasteiger partial charge in [-0.25, -0.2) is 9.18 Å². The second-order valence-corrected chi connectivity index (χ2v) is 9.39. The summed E-state index contributed by atoms with van der Waals surface area (Å²) in [7, 11) is 0. The van der Waals surface area contributed by atoms with Gasteiger partial charge in [-0.1, -0.05) is 29.8 Å². The molecule has 1 aliphatic rings. The molecule has 0 saturated carbocycles. The molecule has 0 aliphatic carbocycles. The summed E-state index contributed by atoms with van der Waals surface area (Å²) in [6.07, 6.45) is 1.21. The summed E-state index contributed by atoms with van der Waals surface area (Å²) in [4.78, 5) is 32.6. The number of nitrogens with zero attached hydrogens (tertiary/aromatic N) is 3. The van der Waals surface area contributed by atoms with Gasteiger partial charge in [-0.2, -0.15) is 0 Å². The zero-order chi connectivity index (χ0) is 23.8. The Morgan fingerprint density at radius 1 is 1.00 bits per heavy atom.